The highest BCUT2D eigenvalue weighted by molar-refractivity contribution is 8.26. The van der Waals surface area contributed by atoms with Gasteiger partial charge in [0, 0.05) is 40.1 Å². The molecule has 0 heterocycles. The number of carboxylic acid groups (broad SMARTS) is 1. The summed E-state index contributed by atoms with van der Waals surface area (Å²) in [5.74, 6) is -0.131. The number of carbonyl (C=O) groups is 2. The van der Waals surface area contributed by atoms with Crippen molar-refractivity contribution in [1.29, 1.82) is 0 Å². The van der Waals surface area contributed by atoms with E-state index in [0.29, 0.717) is 28.9 Å². The van der Waals surface area contributed by atoms with Gasteiger partial charge in [-0.05, 0) is 26.0 Å². The van der Waals surface area contributed by atoms with E-state index >= 15 is 0 Å². The minimum Gasteiger partial charge on any atom is -0.496 e. The van der Waals surface area contributed by atoms with Crippen molar-refractivity contribution >= 4 is 65.7 Å². The Morgan fingerprint density at radius 2 is 1.11 bits per heavy atom. The Bertz CT molecular complexity index is 1020. The van der Waals surface area contributed by atoms with Crippen LogP contribution in [0, 0.1) is 0 Å². The van der Waals surface area contributed by atoms with Crippen molar-refractivity contribution in [2.24, 2.45) is 0 Å². The van der Waals surface area contributed by atoms with Gasteiger partial charge in [-0.25, -0.2) is 13.8 Å². The molecule has 0 unspecified atom stereocenters. The van der Waals surface area contributed by atoms with Crippen LogP contribution >= 0.6 is 44.6 Å². The maximum Gasteiger partial charge on any atom is 0.341 e. The van der Waals surface area contributed by atoms with Crippen LogP contribution in [-0.2, 0) is 14.0 Å². The first-order valence-electron chi connectivity index (χ1n) is 9.97. The highest BCUT2D eigenvalue weighted by atomic mass is 36.0. The summed E-state index contributed by atoms with van der Waals surface area (Å²) in [6.45, 7) is 3.96. The van der Waals surface area contributed by atoms with E-state index in [1.165, 1.54) is 46.6 Å². The summed E-state index contributed by atoms with van der Waals surface area (Å²) in [6, 6.07) is 5.75. The molecule has 0 radical (unpaired) electrons. The molecule has 2 aromatic carbocycles. The van der Waals surface area contributed by atoms with Crippen LogP contribution in [0.4, 0.5) is 0 Å². The quantitative estimate of drug-likeness (QED) is 0.294. The first kappa shape index (κ1) is 37.0. The number of aromatic carboxylic acids is 1. The number of benzene rings is 2. The molecule has 0 fully saturated rings. The molecule has 0 spiro atoms. The molecule has 0 aliphatic rings. The molecule has 37 heavy (non-hydrogen) atoms. The van der Waals surface area contributed by atoms with Crippen LogP contribution in [0.25, 0.3) is 0 Å². The number of hydrogen-bond acceptors (Lipinski definition) is 9. The molecule has 2 N–H and O–H groups in total. The topological polar surface area (TPSA) is 138 Å². The Morgan fingerprint density at radius 3 is 1.41 bits per heavy atom. The molecular formula is C22H28Cl4O10S. The Labute approximate surface area is 236 Å². The number of halogens is 4. The van der Waals surface area contributed by atoms with Crippen LogP contribution < -0.4 is 18.9 Å². The van der Waals surface area contributed by atoms with Gasteiger partial charge < -0.3 is 33.9 Å². The average Bonchev–Trinajstić information content (AvgIpc) is 2.84. The molecular weight excluding hydrogens is 598 g/mol. The SMILES string of the molecule is CCO.CCOC(=O)c1cc(Cl)c(OC)cc1OC.COc1cc(OC)c(C(=O)O)cc1Cl.O=S(Cl)Cl. The van der Waals surface area contributed by atoms with E-state index in [4.69, 9.17) is 61.3 Å². The lowest BCUT2D eigenvalue weighted by molar-refractivity contribution is 0.0522. The molecule has 0 aromatic heterocycles. The Hall–Kier alpha value is -2.15. The van der Waals surface area contributed by atoms with E-state index in [1.54, 1.807) is 19.9 Å². The number of aliphatic hydroxyl groups is 1. The fourth-order valence-electron chi connectivity index (χ4n) is 2.26. The van der Waals surface area contributed by atoms with E-state index in [-0.39, 0.29) is 28.5 Å². The molecule has 0 amide bonds. The van der Waals surface area contributed by atoms with Gasteiger partial charge in [0.1, 0.15) is 34.1 Å². The number of rotatable bonds is 7. The van der Waals surface area contributed by atoms with Crippen LogP contribution in [0.3, 0.4) is 0 Å². The van der Waals surface area contributed by atoms with Gasteiger partial charge in [0.05, 0.1) is 45.1 Å². The van der Waals surface area contributed by atoms with Gasteiger partial charge in [-0.3, -0.25) is 0 Å². The fraction of sp³-hybridized carbons (Fsp3) is 0.364. The Morgan fingerprint density at radius 1 is 0.784 bits per heavy atom. The zero-order valence-electron chi connectivity index (χ0n) is 20.8. The third kappa shape index (κ3) is 14.4. The minimum atomic E-state index is -1.67. The number of hydrogen-bond donors (Lipinski definition) is 2. The molecule has 10 nitrogen and oxygen atoms in total. The summed E-state index contributed by atoms with van der Waals surface area (Å²) in [6.07, 6.45) is 0. The van der Waals surface area contributed by atoms with Gasteiger partial charge in [0.25, 0.3) is 0 Å². The average molecular weight is 626 g/mol. The lowest BCUT2D eigenvalue weighted by Crippen LogP contribution is -2.07. The second-order valence-electron chi connectivity index (χ2n) is 5.90. The highest BCUT2D eigenvalue weighted by Crippen LogP contribution is 2.33. The second kappa shape index (κ2) is 20.9. The van der Waals surface area contributed by atoms with Gasteiger partial charge in [0.2, 0.25) is 9.23 Å². The molecule has 0 aliphatic carbocycles. The van der Waals surface area contributed by atoms with Gasteiger partial charge in [-0.15, -0.1) is 0 Å². The van der Waals surface area contributed by atoms with E-state index in [9.17, 15) is 9.59 Å². The largest absolute Gasteiger partial charge is 0.496 e. The predicted molar refractivity (Wildman–Crippen MR) is 145 cm³/mol. The van der Waals surface area contributed by atoms with Crippen molar-refractivity contribution in [3.8, 4) is 23.0 Å². The van der Waals surface area contributed by atoms with Crippen molar-refractivity contribution in [2.45, 2.75) is 13.8 Å². The monoisotopic (exact) mass is 624 g/mol. The van der Waals surface area contributed by atoms with Crippen molar-refractivity contribution in [3.05, 3.63) is 45.4 Å². The molecule has 0 saturated carbocycles. The highest BCUT2D eigenvalue weighted by Gasteiger charge is 2.17. The van der Waals surface area contributed by atoms with Crippen molar-refractivity contribution in [2.75, 3.05) is 41.7 Å². The zero-order chi connectivity index (χ0) is 29.1. The molecule has 2 rings (SSSR count). The maximum atomic E-state index is 11.6. The van der Waals surface area contributed by atoms with Gasteiger partial charge in [0.15, 0.2) is 0 Å². The van der Waals surface area contributed by atoms with Gasteiger partial charge >= 0.3 is 11.9 Å². The van der Waals surface area contributed by atoms with Gasteiger partial charge in [-0.2, -0.15) is 0 Å². The summed E-state index contributed by atoms with van der Waals surface area (Å²) >= 11 is 11.7. The normalized spacial score (nSPS) is 9.30. The third-order valence-electron chi connectivity index (χ3n) is 3.67. The maximum absolute atomic E-state index is 11.6. The van der Waals surface area contributed by atoms with Crippen LogP contribution in [0.5, 0.6) is 23.0 Å². The summed E-state index contributed by atoms with van der Waals surface area (Å²) in [4.78, 5) is 22.3. The van der Waals surface area contributed by atoms with Gasteiger partial charge in [-0.1, -0.05) is 23.2 Å². The number of carboxylic acids is 1. The smallest absolute Gasteiger partial charge is 0.341 e. The Kier molecular flexibility index (Phi) is 20.9. The summed E-state index contributed by atoms with van der Waals surface area (Å²) < 4.78 is 33.9. The van der Waals surface area contributed by atoms with Crippen molar-refractivity contribution in [3.63, 3.8) is 0 Å². The first-order valence-corrected chi connectivity index (χ1v) is 13.5. The number of esters is 1. The fourth-order valence-corrected chi connectivity index (χ4v) is 2.74. The third-order valence-corrected chi connectivity index (χ3v) is 4.26. The van der Waals surface area contributed by atoms with Crippen molar-refractivity contribution < 1.29 is 47.7 Å². The first-order chi connectivity index (χ1) is 17.4. The molecule has 15 heteroatoms. The summed E-state index contributed by atoms with van der Waals surface area (Å²) in [5.41, 5.74) is 0.299. The zero-order valence-corrected chi connectivity index (χ0v) is 24.6. The molecule has 210 valence electrons. The number of ether oxygens (including phenoxy) is 5. The number of methoxy groups -OCH3 is 4. The van der Waals surface area contributed by atoms with Crippen LogP contribution in [-0.4, -0.2) is 68.0 Å². The Balaban J connectivity index is 0. The lowest BCUT2D eigenvalue weighted by atomic mass is 10.2. The minimum absolute atomic E-state index is 0.0123. The lowest BCUT2D eigenvalue weighted by Gasteiger charge is -2.10. The second-order valence-corrected chi connectivity index (χ2v) is 9.24. The van der Waals surface area contributed by atoms with Crippen LogP contribution in [0.15, 0.2) is 24.3 Å². The summed E-state index contributed by atoms with van der Waals surface area (Å²) in [5, 5.41) is 17.0. The predicted octanol–water partition coefficient (Wildman–Crippen LogP) is 5.63. The molecule has 0 atom stereocenters. The molecule has 0 saturated heterocycles. The van der Waals surface area contributed by atoms with Crippen LogP contribution in [0.1, 0.15) is 34.6 Å². The van der Waals surface area contributed by atoms with E-state index < -0.39 is 21.2 Å². The number of aliphatic hydroxyl groups excluding tert-OH is 1. The van der Waals surface area contributed by atoms with Crippen molar-refractivity contribution in [1.82, 2.24) is 0 Å². The van der Waals surface area contributed by atoms with E-state index in [1.807, 2.05) is 0 Å². The summed E-state index contributed by atoms with van der Waals surface area (Å²) in [7, 11) is 13.1. The molecule has 0 aliphatic heterocycles. The molecule has 0 bridgehead atoms. The standard InChI is InChI=1S/C11H13ClO4.C9H9ClO4.C2H6O.Cl2OS/c1-4-16-11(13)7-5-8(12)10(15-3)6-9(7)14-2;1-13-7-4-8(14-2)6(10)3-5(7)9(11)12;1-2-3;1-4(2)3/h5-6H,4H2,1-3H3;3-4H,1-2H3,(H,11,12);3H,2H2,1H3;. The van der Waals surface area contributed by atoms with E-state index in [0.717, 1.165) is 0 Å². The van der Waals surface area contributed by atoms with Crippen LogP contribution in [0.2, 0.25) is 10.0 Å². The van der Waals surface area contributed by atoms with E-state index in [2.05, 4.69) is 21.4 Å². The molecule has 2 aromatic rings. The number of carbonyl (C=O) groups excluding carboxylic acids is 1.